The molecule has 0 N–H and O–H groups in total. The van der Waals surface area contributed by atoms with E-state index >= 15 is 0 Å². The minimum atomic E-state index is 1.20. The molecule has 0 amide bonds. The van der Waals surface area contributed by atoms with Crippen molar-refractivity contribution in [2.45, 2.75) is 169 Å². The molecule has 0 spiro atoms. The summed E-state index contributed by atoms with van der Waals surface area (Å²) in [6.45, 7) is 8.12. The summed E-state index contributed by atoms with van der Waals surface area (Å²) >= 11 is 0. The van der Waals surface area contributed by atoms with E-state index in [1.165, 1.54) is 148 Å². The van der Waals surface area contributed by atoms with Crippen molar-refractivity contribution in [3.8, 4) is 0 Å². The Morgan fingerprint density at radius 2 is 0.781 bits per heavy atom. The van der Waals surface area contributed by atoms with Gasteiger partial charge in [0, 0.05) is 17.5 Å². The monoisotopic (exact) mass is 444 g/mol. The lowest BCUT2D eigenvalue weighted by Gasteiger charge is -2.07. The number of hydrogen-bond donors (Lipinski definition) is 0. The van der Waals surface area contributed by atoms with E-state index in [0.29, 0.717) is 0 Å². The molecule has 1 heteroatoms. The first-order valence-electron chi connectivity index (χ1n) is 14.8. The zero-order valence-electron chi connectivity index (χ0n) is 22.4. The van der Waals surface area contributed by atoms with Gasteiger partial charge in [-0.3, -0.25) is 0 Å². The second kappa shape index (κ2) is 22.0. The summed E-state index contributed by atoms with van der Waals surface area (Å²) in [6.07, 6.45) is 35.5. The molecule has 186 valence electrons. The zero-order chi connectivity index (χ0) is 23.1. The minimum Gasteiger partial charge on any atom is -0.205 e. The highest BCUT2D eigenvalue weighted by atomic mass is 14.9. The van der Waals surface area contributed by atoms with Crippen LogP contribution in [0.25, 0.3) is 0 Å². The van der Waals surface area contributed by atoms with Gasteiger partial charge in [0.05, 0.1) is 0 Å². The quantitative estimate of drug-likeness (QED) is 0.117. The van der Waals surface area contributed by atoms with Crippen molar-refractivity contribution >= 4 is 0 Å². The standard InChI is InChI=1S/C31H58N/c1-4-7-10-13-15-17-19-21-24-30-27-31(25-22-20-18-16-14-11-8-5-2)29-32(28-30)26-23-12-9-6-3/h27-29H,4-26H2,1-3H3/q+1. The van der Waals surface area contributed by atoms with Crippen LogP contribution in [0.15, 0.2) is 18.5 Å². The van der Waals surface area contributed by atoms with Crippen LogP contribution in [0.4, 0.5) is 0 Å². The van der Waals surface area contributed by atoms with Gasteiger partial charge in [0.2, 0.25) is 0 Å². The molecule has 32 heavy (non-hydrogen) atoms. The number of pyridine rings is 1. The van der Waals surface area contributed by atoms with Crippen LogP contribution in [0.5, 0.6) is 0 Å². The van der Waals surface area contributed by atoms with Gasteiger partial charge in [0.15, 0.2) is 12.4 Å². The van der Waals surface area contributed by atoms with Crippen LogP contribution in [0.1, 0.15) is 160 Å². The number of nitrogens with zero attached hydrogens (tertiary/aromatic N) is 1. The molecule has 1 aromatic rings. The van der Waals surface area contributed by atoms with E-state index in [4.69, 9.17) is 0 Å². The second-order valence-corrected chi connectivity index (χ2v) is 10.3. The molecule has 0 bridgehead atoms. The summed E-state index contributed by atoms with van der Waals surface area (Å²) in [5, 5.41) is 0. The predicted octanol–water partition coefficient (Wildman–Crippen LogP) is 9.92. The van der Waals surface area contributed by atoms with Gasteiger partial charge in [-0.15, -0.1) is 0 Å². The van der Waals surface area contributed by atoms with E-state index in [1.807, 2.05) is 0 Å². The number of aromatic nitrogens is 1. The van der Waals surface area contributed by atoms with Crippen molar-refractivity contribution in [2.24, 2.45) is 0 Å². The maximum absolute atomic E-state index is 2.53. The molecular weight excluding hydrogens is 386 g/mol. The maximum Gasteiger partial charge on any atom is 0.171 e. The number of aryl methyl sites for hydroxylation is 3. The number of hydrogen-bond acceptors (Lipinski definition) is 0. The number of rotatable bonds is 23. The molecule has 0 atom stereocenters. The summed E-state index contributed by atoms with van der Waals surface area (Å²) in [7, 11) is 0. The minimum absolute atomic E-state index is 1.20. The van der Waals surface area contributed by atoms with E-state index in [0.717, 1.165) is 0 Å². The van der Waals surface area contributed by atoms with Crippen LogP contribution in [0.3, 0.4) is 0 Å². The van der Waals surface area contributed by atoms with Crippen LogP contribution >= 0.6 is 0 Å². The number of unbranched alkanes of at least 4 members (excludes halogenated alkanes) is 17. The van der Waals surface area contributed by atoms with E-state index < -0.39 is 0 Å². The van der Waals surface area contributed by atoms with E-state index in [2.05, 4.69) is 43.8 Å². The largest absolute Gasteiger partial charge is 0.205 e. The molecule has 1 rings (SSSR count). The Bertz CT molecular complexity index is 483. The average molecular weight is 445 g/mol. The summed E-state index contributed by atoms with van der Waals surface area (Å²) in [5.74, 6) is 0. The van der Waals surface area contributed by atoms with Crippen molar-refractivity contribution in [1.29, 1.82) is 0 Å². The molecular formula is C31H58N+. The maximum atomic E-state index is 2.53. The lowest BCUT2D eigenvalue weighted by molar-refractivity contribution is -0.698. The lowest BCUT2D eigenvalue weighted by Crippen LogP contribution is -2.34. The molecule has 0 saturated heterocycles. The fourth-order valence-corrected chi connectivity index (χ4v) is 4.83. The first-order valence-corrected chi connectivity index (χ1v) is 14.8. The molecule has 1 nitrogen and oxygen atoms in total. The highest BCUT2D eigenvalue weighted by Crippen LogP contribution is 2.14. The first-order chi connectivity index (χ1) is 15.8. The Kier molecular flexibility index (Phi) is 20.0. The summed E-state index contributed by atoms with van der Waals surface area (Å²) in [6, 6.07) is 2.53. The Hall–Kier alpha value is -0.850. The molecule has 1 heterocycles. The van der Waals surface area contributed by atoms with Gasteiger partial charge >= 0.3 is 0 Å². The average Bonchev–Trinajstić information content (AvgIpc) is 2.80. The van der Waals surface area contributed by atoms with Gasteiger partial charge in [-0.1, -0.05) is 124 Å². The normalized spacial score (nSPS) is 11.3. The van der Waals surface area contributed by atoms with Crippen LogP contribution in [-0.2, 0) is 19.4 Å². The summed E-state index contributed by atoms with van der Waals surface area (Å²) < 4.78 is 2.52. The Labute approximate surface area is 202 Å². The summed E-state index contributed by atoms with van der Waals surface area (Å²) in [5.41, 5.74) is 3.17. The molecule has 0 fully saturated rings. The zero-order valence-corrected chi connectivity index (χ0v) is 22.4. The molecule has 1 aromatic heterocycles. The van der Waals surface area contributed by atoms with Crippen molar-refractivity contribution in [1.82, 2.24) is 0 Å². The SMILES string of the molecule is CCCCCCCCCCc1cc(CCCCCCCCCC)c[n+](CCCCCC)c1. The summed E-state index contributed by atoms with van der Waals surface area (Å²) in [4.78, 5) is 0. The highest BCUT2D eigenvalue weighted by molar-refractivity contribution is 5.15. The molecule has 0 aromatic carbocycles. The van der Waals surface area contributed by atoms with Gasteiger partial charge in [0.1, 0.15) is 6.54 Å². The van der Waals surface area contributed by atoms with Gasteiger partial charge in [-0.25, -0.2) is 4.57 Å². The third kappa shape index (κ3) is 16.7. The third-order valence-electron chi connectivity index (χ3n) is 6.94. The third-order valence-corrected chi connectivity index (χ3v) is 6.94. The second-order valence-electron chi connectivity index (χ2n) is 10.3. The molecule has 0 unspecified atom stereocenters. The van der Waals surface area contributed by atoms with Gasteiger partial charge < -0.3 is 0 Å². The molecule has 0 saturated carbocycles. The van der Waals surface area contributed by atoms with Crippen molar-refractivity contribution in [2.75, 3.05) is 0 Å². The van der Waals surface area contributed by atoms with Crippen molar-refractivity contribution in [3.05, 3.63) is 29.6 Å². The van der Waals surface area contributed by atoms with Crippen LogP contribution in [0.2, 0.25) is 0 Å². The molecule has 0 aliphatic carbocycles. The fraction of sp³-hybridized carbons (Fsp3) is 0.839. The molecule has 0 aliphatic heterocycles. The van der Waals surface area contributed by atoms with Gasteiger partial charge in [-0.05, 0) is 38.2 Å². The van der Waals surface area contributed by atoms with E-state index in [1.54, 1.807) is 11.1 Å². The molecule has 0 aliphatic rings. The smallest absolute Gasteiger partial charge is 0.171 e. The van der Waals surface area contributed by atoms with Crippen LogP contribution in [0, 0.1) is 0 Å². The topological polar surface area (TPSA) is 3.88 Å². The van der Waals surface area contributed by atoms with Crippen LogP contribution in [-0.4, -0.2) is 0 Å². The van der Waals surface area contributed by atoms with E-state index in [9.17, 15) is 0 Å². The van der Waals surface area contributed by atoms with Gasteiger partial charge in [-0.2, -0.15) is 0 Å². The highest BCUT2D eigenvalue weighted by Gasteiger charge is 2.08. The molecule has 0 radical (unpaired) electrons. The fourth-order valence-electron chi connectivity index (χ4n) is 4.83. The van der Waals surface area contributed by atoms with Crippen molar-refractivity contribution in [3.63, 3.8) is 0 Å². The van der Waals surface area contributed by atoms with Gasteiger partial charge in [0.25, 0.3) is 0 Å². The predicted molar refractivity (Wildman–Crippen MR) is 143 cm³/mol. The Morgan fingerprint density at radius 3 is 1.19 bits per heavy atom. The van der Waals surface area contributed by atoms with Crippen LogP contribution < -0.4 is 4.57 Å². The Balaban J connectivity index is 2.39. The first kappa shape index (κ1) is 29.2. The Morgan fingerprint density at radius 1 is 0.438 bits per heavy atom. The van der Waals surface area contributed by atoms with E-state index in [-0.39, 0.29) is 0 Å². The van der Waals surface area contributed by atoms with Crippen molar-refractivity contribution < 1.29 is 4.57 Å². The lowest BCUT2D eigenvalue weighted by atomic mass is 10.0.